The average Bonchev–Trinajstić information content (AvgIpc) is 2.80. The van der Waals surface area contributed by atoms with Crippen molar-refractivity contribution in [3.63, 3.8) is 0 Å². The van der Waals surface area contributed by atoms with Crippen LogP contribution in [0.15, 0.2) is 4.52 Å². The third-order valence-electron chi connectivity index (χ3n) is 3.13. The second-order valence-electron chi connectivity index (χ2n) is 4.16. The number of hydrogen-bond acceptors (Lipinski definition) is 5. The van der Waals surface area contributed by atoms with Crippen LogP contribution in [0.1, 0.15) is 44.9 Å². The van der Waals surface area contributed by atoms with E-state index in [0.717, 1.165) is 12.8 Å². The standard InChI is InChI=1S/C11H19N3O2/c1-3-15-11(7-5-4-6-8-11)9-13-10(12-2)16-14-9/h3-8H2,1-2H3,(H,12,13,14). The van der Waals surface area contributed by atoms with E-state index in [-0.39, 0.29) is 5.60 Å². The third kappa shape index (κ3) is 2.04. The fraction of sp³-hybridized carbons (Fsp3) is 0.818. The Morgan fingerprint density at radius 3 is 2.69 bits per heavy atom. The zero-order valence-electron chi connectivity index (χ0n) is 9.95. The number of nitrogens with zero attached hydrogens (tertiary/aromatic N) is 2. The molecule has 1 heterocycles. The molecule has 16 heavy (non-hydrogen) atoms. The van der Waals surface area contributed by atoms with E-state index < -0.39 is 0 Å². The van der Waals surface area contributed by atoms with Crippen LogP contribution in [0.2, 0.25) is 0 Å². The molecule has 1 aromatic heterocycles. The van der Waals surface area contributed by atoms with Crippen molar-refractivity contribution >= 4 is 6.01 Å². The van der Waals surface area contributed by atoms with Gasteiger partial charge in [-0.2, -0.15) is 4.98 Å². The average molecular weight is 225 g/mol. The van der Waals surface area contributed by atoms with Gasteiger partial charge in [-0.25, -0.2) is 0 Å². The Morgan fingerprint density at radius 2 is 2.12 bits per heavy atom. The summed E-state index contributed by atoms with van der Waals surface area (Å²) in [6, 6.07) is 0.458. The summed E-state index contributed by atoms with van der Waals surface area (Å²) in [4.78, 5) is 4.33. The smallest absolute Gasteiger partial charge is 0.321 e. The first kappa shape index (κ1) is 11.4. The van der Waals surface area contributed by atoms with E-state index in [1.807, 2.05) is 6.92 Å². The van der Waals surface area contributed by atoms with E-state index in [0.29, 0.717) is 18.4 Å². The third-order valence-corrected chi connectivity index (χ3v) is 3.13. The normalized spacial score (nSPS) is 19.6. The van der Waals surface area contributed by atoms with Crippen LogP contribution < -0.4 is 5.32 Å². The first-order valence-electron chi connectivity index (χ1n) is 5.96. The molecule has 0 spiro atoms. The highest BCUT2D eigenvalue weighted by Gasteiger charge is 2.39. The summed E-state index contributed by atoms with van der Waals surface area (Å²) in [6.07, 6.45) is 5.59. The first-order chi connectivity index (χ1) is 7.80. The van der Waals surface area contributed by atoms with Crippen LogP contribution in [-0.2, 0) is 10.3 Å². The van der Waals surface area contributed by atoms with E-state index in [1.54, 1.807) is 7.05 Å². The minimum atomic E-state index is -0.314. The number of anilines is 1. The topological polar surface area (TPSA) is 60.2 Å². The molecule has 2 rings (SSSR count). The Hall–Kier alpha value is -1.10. The molecule has 0 unspecified atom stereocenters. The molecule has 0 amide bonds. The van der Waals surface area contributed by atoms with Crippen molar-refractivity contribution in [3.05, 3.63) is 5.82 Å². The summed E-state index contributed by atoms with van der Waals surface area (Å²) >= 11 is 0. The van der Waals surface area contributed by atoms with Gasteiger partial charge < -0.3 is 14.6 Å². The number of aromatic nitrogens is 2. The maximum absolute atomic E-state index is 5.90. The quantitative estimate of drug-likeness (QED) is 0.852. The maximum Gasteiger partial charge on any atom is 0.321 e. The van der Waals surface area contributed by atoms with Crippen LogP contribution >= 0.6 is 0 Å². The van der Waals surface area contributed by atoms with Gasteiger partial charge in [-0.3, -0.25) is 0 Å². The van der Waals surface area contributed by atoms with Crippen molar-refractivity contribution in [3.8, 4) is 0 Å². The molecule has 1 aromatic rings. The minimum Gasteiger partial charge on any atom is -0.367 e. The number of hydrogen-bond donors (Lipinski definition) is 1. The fourth-order valence-corrected chi connectivity index (χ4v) is 2.34. The molecule has 5 heteroatoms. The summed E-state index contributed by atoms with van der Waals surface area (Å²) in [7, 11) is 1.77. The van der Waals surface area contributed by atoms with Gasteiger partial charge in [0.1, 0.15) is 5.60 Å². The molecule has 1 fully saturated rings. The van der Waals surface area contributed by atoms with Gasteiger partial charge in [-0.1, -0.05) is 24.4 Å². The fourth-order valence-electron chi connectivity index (χ4n) is 2.34. The highest BCUT2D eigenvalue weighted by Crippen LogP contribution is 2.39. The molecule has 0 saturated heterocycles. The second-order valence-corrected chi connectivity index (χ2v) is 4.16. The van der Waals surface area contributed by atoms with Crippen LogP contribution in [0.3, 0.4) is 0 Å². The van der Waals surface area contributed by atoms with Gasteiger partial charge in [-0.05, 0) is 19.8 Å². The number of nitrogens with one attached hydrogen (secondary N) is 1. The first-order valence-corrected chi connectivity index (χ1v) is 5.96. The Balaban J connectivity index is 2.23. The molecular formula is C11H19N3O2. The van der Waals surface area contributed by atoms with E-state index in [9.17, 15) is 0 Å². The summed E-state index contributed by atoms with van der Waals surface area (Å²) < 4.78 is 11.0. The van der Waals surface area contributed by atoms with Crippen LogP contribution in [0.4, 0.5) is 6.01 Å². The van der Waals surface area contributed by atoms with Crippen LogP contribution in [0, 0.1) is 0 Å². The van der Waals surface area contributed by atoms with Gasteiger partial charge in [0, 0.05) is 13.7 Å². The van der Waals surface area contributed by atoms with Crippen LogP contribution in [0.25, 0.3) is 0 Å². The molecule has 0 aromatic carbocycles. The lowest BCUT2D eigenvalue weighted by atomic mass is 9.84. The molecular weight excluding hydrogens is 206 g/mol. The van der Waals surface area contributed by atoms with Gasteiger partial charge in [0.25, 0.3) is 0 Å². The van der Waals surface area contributed by atoms with Gasteiger partial charge in [0.15, 0.2) is 0 Å². The number of rotatable bonds is 4. The van der Waals surface area contributed by atoms with Gasteiger partial charge in [0.2, 0.25) is 5.82 Å². The van der Waals surface area contributed by atoms with Gasteiger partial charge in [-0.15, -0.1) is 0 Å². The lowest BCUT2D eigenvalue weighted by Crippen LogP contribution is -2.33. The van der Waals surface area contributed by atoms with Crippen LogP contribution in [0.5, 0.6) is 0 Å². The van der Waals surface area contributed by atoms with Gasteiger partial charge >= 0.3 is 6.01 Å². The van der Waals surface area contributed by atoms with Crippen molar-refractivity contribution in [1.82, 2.24) is 10.1 Å². The summed E-state index contributed by atoms with van der Waals surface area (Å²) in [5, 5.41) is 6.88. The molecule has 1 saturated carbocycles. The molecule has 1 aliphatic rings. The van der Waals surface area contributed by atoms with Crippen molar-refractivity contribution < 1.29 is 9.26 Å². The summed E-state index contributed by atoms with van der Waals surface area (Å²) in [5.74, 6) is 0.693. The van der Waals surface area contributed by atoms with Crippen molar-refractivity contribution in [1.29, 1.82) is 0 Å². The van der Waals surface area contributed by atoms with E-state index in [4.69, 9.17) is 9.26 Å². The van der Waals surface area contributed by atoms with Crippen LogP contribution in [-0.4, -0.2) is 23.8 Å². The summed E-state index contributed by atoms with van der Waals surface area (Å²) in [5.41, 5.74) is -0.314. The highest BCUT2D eigenvalue weighted by molar-refractivity contribution is 5.18. The molecule has 90 valence electrons. The molecule has 1 aliphatic carbocycles. The van der Waals surface area contributed by atoms with Gasteiger partial charge in [0.05, 0.1) is 0 Å². The Morgan fingerprint density at radius 1 is 1.38 bits per heavy atom. The monoisotopic (exact) mass is 225 g/mol. The molecule has 1 N–H and O–H groups in total. The Kier molecular flexibility index (Phi) is 3.43. The predicted molar refractivity (Wildman–Crippen MR) is 60.2 cm³/mol. The lowest BCUT2D eigenvalue weighted by molar-refractivity contribution is -0.0777. The molecule has 5 nitrogen and oxygen atoms in total. The summed E-state index contributed by atoms with van der Waals surface area (Å²) in [6.45, 7) is 2.69. The predicted octanol–water partition coefficient (Wildman–Crippen LogP) is 2.31. The van der Waals surface area contributed by atoms with E-state index >= 15 is 0 Å². The van der Waals surface area contributed by atoms with Crippen molar-refractivity contribution in [2.45, 2.75) is 44.6 Å². The highest BCUT2D eigenvalue weighted by atomic mass is 16.5. The molecule has 0 aliphatic heterocycles. The Bertz CT molecular complexity index is 326. The molecule has 0 atom stereocenters. The molecule has 0 radical (unpaired) electrons. The zero-order valence-corrected chi connectivity index (χ0v) is 9.95. The second kappa shape index (κ2) is 4.82. The van der Waals surface area contributed by atoms with E-state index in [2.05, 4.69) is 15.5 Å². The SMILES string of the molecule is CCOC1(c2noc(NC)n2)CCCCC1. The number of ether oxygens (including phenoxy) is 1. The largest absolute Gasteiger partial charge is 0.367 e. The van der Waals surface area contributed by atoms with Crippen molar-refractivity contribution in [2.24, 2.45) is 0 Å². The maximum atomic E-state index is 5.90. The lowest BCUT2D eigenvalue weighted by Gasteiger charge is -2.33. The van der Waals surface area contributed by atoms with E-state index in [1.165, 1.54) is 19.3 Å². The zero-order chi connectivity index (χ0) is 11.4. The Labute approximate surface area is 95.6 Å². The van der Waals surface area contributed by atoms with Crippen molar-refractivity contribution in [2.75, 3.05) is 19.0 Å². The molecule has 0 bridgehead atoms. The minimum absolute atomic E-state index is 0.314.